The number of amides is 1. The molecule has 2 aromatic rings. The Balaban J connectivity index is 1.97. The second-order valence-corrected chi connectivity index (χ2v) is 7.78. The summed E-state index contributed by atoms with van der Waals surface area (Å²) in [5, 5.41) is 2.44. The summed E-state index contributed by atoms with van der Waals surface area (Å²) in [7, 11) is -4.26. The third kappa shape index (κ3) is 3.78. The van der Waals surface area contributed by atoms with Gasteiger partial charge in [-0.3, -0.25) is 9.52 Å². The van der Waals surface area contributed by atoms with Gasteiger partial charge in [0.05, 0.1) is 16.1 Å². The van der Waals surface area contributed by atoms with Crippen molar-refractivity contribution in [3.8, 4) is 0 Å². The van der Waals surface area contributed by atoms with Crippen molar-refractivity contribution in [1.29, 1.82) is 0 Å². The van der Waals surface area contributed by atoms with Crippen molar-refractivity contribution in [3.05, 3.63) is 52.5 Å². The summed E-state index contributed by atoms with van der Waals surface area (Å²) in [6, 6.07) is 6.74. The van der Waals surface area contributed by atoms with Gasteiger partial charge in [-0.15, -0.1) is 0 Å². The van der Waals surface area contributed by atoms with Gasteiger partial charge in [-0.1, -0.05) is 11.6 Å². The number of nitrogens with one attached hydrogen (secondary N) is 2. The molecule has 2 N–H and O–H groups in total. The van der Waals surface area contributed by atoms with Crippen molar-refractivity contribution in [2.24, 2.45) is 0 Å². The van der Waals surface area contributed by atoms with Crippen LogP contribution in [0.1, 0.15) is 17.5 Å². The topological polar surface area (TPSA) is 75.3 Å². The van der Waals surface area contributed by atoms with Crippen LogP contribution in [-0.2, 0) is 27.4 Å². The molecule has 5 nitrogen and oxygen atoms in total. The van der Waals surface area contributed by atoms with E-state index in [1.54, 1.807) is 0 Å². The molecular formula is C16H12ClF3N2O3S. The molecule has 1 aliphatic rings. The fourth-order valence-corrected chi connectivity index (χ4v) is 3.87. The van der Waals surface area contributed by atoms with Gasteiger partial charge in [-0.25, -0.2) is 8.42 Å². The van der Waals surface area contributed by atoms with Crippen molar-refractivity contribution in [3.63, 3.8) is 0 Å². The summed E-state index contributed by atoms with van der Waals surface area (Å²) in [6.07, 6.45) is -4.22. The third-order valence-corrected chi connectivity index (χ3v) is 5.41. The number of alkyl halides is 3. The second kappa shape index (κ2) is 6.48. The molecule has 0 unspecified atom stereocenters. The van der Waals surface area contributed by atoms with E-state index in [-0.39, 0.29) is 22.2 Å². The zero-order chi connectivity index (χ0) is 19.1. The van der Waals surface area contributed by atoms with Crippen LogP contribution in [0, 0.1) is 0 Å². The first-order valence-electron chi connectivity index (χ1n) is 7.38. The summed E-state index contributed by atoms with van der Waals surface area (Å²) in [6.45, 7) is 0. The van der Waals surface area contributed by atoms with E-state index in [1.807, 2.05) is 4.72 Å². The van der Waals surface area contributed by atoms with Crippen LogP contribution in [0.5, 0.6) is 0 Å². The quantitative estimate of drug-likeness (QED) is 0.810. The highest BCUT2D eigenvalue weighted by Gasteiger charge is 2.35. The van der Waals surface area contributed by atoms with Gasteiger partial charge in [-0.05, 0) is 48.4 Å². The van der Waals surface area contributed by atoms with Crippen molar-refractivity contribution in [1.82, 2.24) is 0 Å². The van der Waals surface area contributed by atoms with Crippen LogP contribution >= 0.6 is 11.6 Å². The fourth-order valence-electron chi connectivity index (χ4n) is 2.57. The fraction of sp³-hybridized carbons (Fsp3) is 0.188. The van der Waals surface area contributed by atoms with Gasteiger partial charge in [0.25, 0.3) is 10.0 Å². The molecule has 1 amide bonds. The van der Waals surface area contributed by atoms with Gasteiger partial charge in [0.1, 0.15) is 0 Å². The summed E-state index contributed by atoms with van der Waals surface area (Å²) < 4.78 is 66.4. The molecule has 0 saturated carbocycles. The molecule has 0 aromatic heterocycles. The standard InChI is InChI=1S/C16H12ClF3N2O3S/c17-10-2-4-14(12(8-10)16(18,19)20)22-26(24,25)11-3-5-13-9(7-11)1-6-15(23)21-13/h2-5,7-8,22H,1,6H2,(H,21,23). The second-order valence-electron chi connectivity index (χ2n) is 5.66. The number of rotatable bonds is 3. The molecule has 0 aliphatic carbocycles. The number of fused-ring (bicyclic) bond motifs is 1. The molecule has 0 fully saturated rings. The molecule has 0 saturated heterocycles. The molecule has 3 rings (SSSR count). The first kappa shape index (κ1) is 18.5. The predicted octanol–water partition coefficient (Wildman–Crippen LogP) is 4.04. The number of hydrogen-bond donors (Lipinski definition) is 2. The minimum atomic E-state index is -4.77. The average molecular weight is 405 g/mol. The first-order chi connectivity index (χ1) is 12.1. The molecule has 0 spiro atoms. The zero-order valence-corrected chi connectivity index (χ0v) is 14.6. The molecule has 0 atom stereocenters. The van der Waals surface area contributed by atoms with Crippen LogP contribution in [0.15, 0.2) is 41.3 Å². The van der Waals surface area contributed by atoms with Crippen molar-refractivity contribution in [2.45, 2.75) is 23.9 Å². The van der Waals surface area contributed by atoms with Gasteiger partial charge < -0.3 is 5.32 Å². The summed E-state index contributed by atoms with van der Waals surface area (Å²) in [5.41, 5.74) is -0.714. The van der Waals surface area contributed by atoms with E-state index in [4.69, 9.17) is 11.6 Å². The van der Waals surface area contributed by atoms with Gasteiger partial charge in [0.2, 0.25) is 5.91 Å². The minimum Gasteiger partial charge on any atom is -0.326 e. The van der Waals surface area contributed by atoms with Crippen molar-refractivity contribution in [2.75, 3.05) is 10.0 Å². The minimum absolute atomic E-state index is 0.162. The molecule has 0 radical (unpaired) electrons. The number of aryl methyl sites for hydroxylation is 1. The maximum absolute atomic E-state index is 13.1. The number of sulfonamides is 1. The summed E-state index contributed by atoms with van der Waals surface area (Å²) >= 11 is 5.59. The first-order valence-corrected chi connectivity index (χ1v) is 9.25. The molecule has 1 aliphatic heterocycles. The highest BCUT2D eigenvalue weighted by Crippen LogP contribution is 2.37. The molecule has 0 bridgehead atoms. The number of benzene rings is 2. The van der Waals surface area contributed by atoms with Gasteiger partial charge in [-0.2, -0.15) is 13.2 Å². The molecule has 138 valence electrons. The van der Waals surface area contributed by atoms with E-state index in [0.29, 0.717) is 23.7 Å². The van der Waals surface area contributed by atoms with Crippen LogP contribution in [-0.4, -0.2) is 14.3 Å². The maximum atomic E-state index is 13.1. The van der Waals surface area contributed by atoms with Crippen LogP contribution in [0.2, 0.25) is 5.02 Å². The van der Waals surface area contributed by atoms with Crippen LogP contribution < -0.4 is 10.0 Å². The van der Waals surface area contributed by atoms with E-state index in [2.05, 4.69) is 5.32 Å². The summed E-state index contributed by atoms with van der Waals surface area (Å²) in [5.74, 6) is -0.179. The average Bonchev–Trinajstić information content (AvgIpc) is 2.54. The SMILES string of the molecule is O=C1CCc2cc(S(=O)(=O)Nc3ccc(Cl)cc3C(F)(F)F)ccc2N1. The Morgan fingerprint density at radius 3 is 2.50 bits per heavy atom. The van der Waals surface area contributed by atoms with Gasteiger partial charge in [0, 0.05) is 17.1 Å². The lowest BCUT2D eigenvalue weighted by Crippen LogP contribution is -2.21. The van der Waals surface area contributed by atoms with Crippen LogP contribution in [0.3, 0.4) is 0 Å². The molecule has 26 heavy (non-hydrogen) atoms. The Hall–Kier alpha value is -2.26. The molecule has 2 aromatic carbocycles. The van der Waals surface area contributed by atoms with E-state index in [9.17, 15) is 26.4 Å². The molecule has 1 heterocycles. The van der Waals surface area contributed by atoms with E-state index >= 15 is 0 Å². The Kier molecular flexibility index (Phi) is 4.61. The number of hydrogen-bond acceptors (Lipinski definition) is 3. The van der Waals surface area contributed by atoms with E-state index < -0.39 is 27.5 Å². The van der Waals surface area contributed by atoms with Crippen LogP contribution in [0.25, 0.3) is 0 Å². The molecular weight excluding hydrogens is 393 g/mol. The Morgan fingerprint density at radius 2 is 1.81 bits per heavy atom. The monoisotopic (exact) mass is 404 g/mol. The zero-order valence-electron chi connectivity index (χ0n) is 13.0. The predicted molar refractivity (Wildman–Crippen MR) is 90.7 cm³/mol. The Labute approximate surface area is 152 Å². The number of carbonyl (C=O) groups excluding carboxylic acids is 1. The normalized spacial score (nSPS) is 14.5. The Morgan fingerprint density at radius 1 is 1.08 bits per heavy atom. The van der Waals surface area contributed by atoms with Crippen LogP contribution in [0.4, 0.5) is 24.5 Å². The van der Waals surface area contributed by atoms with E-state index in [0.717, 1.165) is 12.1 Å². The largest absolute Gasteiger partial charge is 0.418 e. The smallest absolute Gasteiger partial charge is 0.326 e. The molecule has 10 heteroatoms. The highest BCUT2D eigenvalue weighted by atomic mass is 35.5. The van der Waals surface area contributed by atoms with Crippen molar-refractivity contribution < 1.29 is 26.4 Å². The number of carbonyl (C=O) groups is 1. The number of halogens is 4. The lowest BCUT2D eigenvalue weighted by atomic mass is 10.0. The lowest BCUT2D eigenvalue weighted by molar-refractivity contribution is -0.136. The van der Waals surface area contributed by atoms with Gasteiger partial charge in [0.15, 0.2) is 0 Å². The van der Waals surface area contributed by atoms with E-state index in [1.165, 1.54) is 18.2 Å². The Bertz CT molecular complexity index is 991. The third-order valence-electron chi connectivity index (χ3n) is 3.81. The van der Waals surface area contributed by atoms with Gasteiger partial charge >= 0.3 is 6.18 Å². The summed E-state index contributed by atoms with van der Waals surface area (Å²) in [4.78, 5) is 11.2. The highest BCUT2D eigenvalue weighted by molar-refractivity contribution is 7.92. The lowest BCUT2D eigenvalue weighted by Gasteiger charge is -2.19. The van der Waals surface area contributed by atoms with Crippen molar-refractivity contribution >= 4 is 38.9 Å². The maximum Gasteiger partial charge on any atom is 0.418 e. The number of anilines is 2.